The maximum absolute atomic E-state index is 12.8. The molecule has 6 nitrogen and oxygen atoms in total. The van der Waals surface area contributed by atoms with Crippen molar-refractivity contribution < 1.29 is 9.59 Å². The topological polar surface area (TPSA) is 65.5 Å². The molecule has 168 valence electrons. The molecule has 7 heteroatoms. The molecule has 1 aromatic carbocycles. The van der Waals surface area contributed by atoms with E-state index in [-0.39, 0.29) is 17.9 Å². The summed E-state index contributed by atoms with van der Waals surface area (Å²) in [5, 5.41) is 5.65. The first-order chi connectivity index (χ1) is 14.7. The first kappa shape index (κ1) is 23.3. The number of aromatic nitrogens is 1. The van der Waals surface area contributed by atoms with Crippen LogP contribution in [0.25, 0.3) is 11.3 Å². The van der Waals surface area contributed by atoms with E-state index in [0.717, 1.165) is 11.3 Å². The number of rotatable bonds is 5. The number of urea groups is 1. The third-order valence-corrected chi connectivity index (χ3v) is 6.65. The number of amides is 3. The molecule has 1 N–H and O–H groups in total. The lowest BCUT2D eigenvalue weighted by atomic mass is 9.90. The average molecular weight is 443 g/mol. The number of nitrogens with one attached hydrogen (secondary N) is 1. The van der Waals surface area contributed by atoms with E-state index in [1.165, 1.54) is 22.5 Å². The predicted molar refractivity (Wildman–Crippen MR) is 128 cm³/mol. The van der Waals surface area contributed by atoms with Crippen LogP contribution in [0.2, 0.25) is 0 Å². The van der Waals surface area contributed by atoms with Gasteiger partial charge >= 0.3 is 6.03 Å². The second kappa shape index (κ2) is 9.81. The highest BCUT2D eigenvalue weighted by atomic mass is 32.1. The Balaban J connectivity index is 1.67. The molecular formula is C24H34N4O2S. The Morgan fingerprint density at radius 3 is 2.39 bits per heavy atom. The van der Waals surface area contributed by atoms with Gasteiger partial charge < -0.3 is 15.1 Å². The molecule has 1 aliphatic heterocycles. The number of benzene rings is 1. The van der Waals surface area contributed by atoms with Crippen molar-refractivity contribution in [1.82, 2.24) is 14.8 Å². The van der Waals surface area contributed by atoms with Gasteiger partial charge in [-0.3, -0.25) is 4.79 Å². The zero-order chi connectivity index (χ0) is 22.7. The van der Waals surface area contributed by atoms with Crippen molar-refractivity contribution in [2.75, 3.05) is 32.5 Å². The number of nitrogens with zero attached hydrogens (tertiary/aromatic N) is 3. The summed E-state index contributed by atoms with van der Waals surface area (Å²) < 4.78 is 0. The third kappa shape index (κ3) is 5.45. The van der Waals surface area contributed by atoms with Crippen LogP contribution in [0.15, 0.2) is 23.6 Å². The van der Waals surface area contributed by atoms with E-state index in [9.17, 15) is 9.59 Å². The molecule has 2 aromatic rings. The van der Waals surface area contributed by atoms with Crippen molar-refractivity contribution in [2.45, 2.75) is 52.4 Å². The van der Waals surface area contributed by atoms with Crippen molar-refractivity contribution in [3.05, 3.63) is 34.7 Å². The molecule has 1 aliphatic rings. The van der Waals surface area contributed by atoms with Crippen LogP contribution >= 0.6 is 11.3 Å². The Kier molecular flexibility index (Phi) is 7.36. The Bertz CT molecular complexity index is 927. The number of likely N-dealkylation sites (tertiary alicyclic amines) is 1. The van der Waals surface area contributed by atoms with Crippen LogP contribution in [0, 0.1) is 5.92 Å². The minimum absolute atomic E-state index is 0.00269. The van der Waals surface area contributed by atoms with E-state index in [1.807, 2.05) is 5.38 Å². The van der Waals surface area contributed by atoms with Crippen molar-refractivity contribution in [1.29, 1.82) is 0 Å². The fraction of sp³-hybridized carbons (Fsp3) is 0.542. The zero-order valence-electron chi connectivity index (χ0n) is 19.4. The molecule has 0 radical (unpaired) electrons. The highest BCUT2D eigenvalue weighted by Crippen LogP contribution is 2.34. The Morgan fingerprint density at radius 1 is 1.13 bits per heavy atom. The SMILES string of the molecule is CC(C)c1ccc(-c2csc(NC(=O)C3CCN(C(=O)N(C)C)CC3)n2)c(C(C)C)c1. The van der Waals surface area contributed by atoms with Crippen molar-refractivity contribution in [3.8, 4) is 11.3 Å². The smallest absolute Gasteiger partial charge is 0.319 e. The molecule has 0 saturated carbocycles. The van der Waals surface area contributed by atoms with Gasteiger partial charge in [0.1, 0.15) is 0 Å². The number of hydrogen-bond donors (Lipinski definition) is 1. The van der Waals surface area contributed by atoms with E-state index < -0.39 is 0 Å². The van der Waals surface area contributed by atoms with E-state index in [0.29, 0.717) is 42.9 Å². The van der Waals surface area contributed by atoms with Crippen molar-refractivity contribution in [2.24, 2.45) is 5.92 Å². The molecule has 0 aliphatic carbocycles. The van der Waals surface area contributed by atoms with Gasteiger partial charge in [-0.1, -0.05) is 45.9 Å². The van der Waals surface area contributed by atoms with Crippen molar-refractivity contribution in [3.63, 3.8) is 0 Å². The fourth-order valence-corrected chi connectivity index (χ4v) is 4.64. The maximum Gasteiger partial charge on any atom is 0.319 e. The lowest BCUT2D eigenvalue weighted by molar-refractivity contribution is -0.121. The highest BCUT2D eigenvalue weighted by molar-refractivity contribution is 7.14. The summed E-state index contributed by atoms with van der Waals surface area (Å²) in [7, 11) is 3.50. The molecule has 2 heterocycles. The van der Waals surface area contributed by atoms with Crippen LogP contribution < -0.4 is 5.32 Å². The Morgan fingerprint density at radius 2 is 1.81 bits per heavy atom. The standard InChI is InChI=1S/C24H34N4O2S/c1-15(2)18-7-8-19(20(13-18)16(3)4)21-14-31-23(25-21)26-22(29)17-9-11-28(12-10-17)24(30)27(5)6/h7-8,13-17H,9-12H2,1-6H3,(H,25,26,29). The lowest BCUT2D eigenvalue weighted by Crippen LogP contribution is -2.45. The number of carbonyl (C=O) groups excluding carboxylic acids is 2. The normalized spacial score (nSPS) is 14.9. The van der Waals surface area contributed by atoms with Gasteiger partial charge in [0, 0.05) is 44.0 Å². The number of carbonyl (C=O) groups is 2. The van der Waals surface area contributed by atoms with Gasteiger partial charge in [-0.05, 0) is 35.8 Å². The Hall–Kier alpha value is -2.41. The number of piperidine rings is 1. The first-order valence-corrected chi connectivity index (χ1v) is 11.9. The maximum atomic E-state index is 12.8. The van der Waals surface area contributed by atoms with Gasteiger partial charge in [0.25, 0.3) is 0 Å². The summed E-state index contributed by atoms with van der Waals surface area (Å²) in [4.78, 5) is 32.9. The molecule has 31 heavy (non-hydrogen) atoms. The van der Waals surface area contributed by atoms with Crippen LogP contribution in [-0.4, -0.2) is 53.9 Å². The summed E-state index contributed by atoms with van der Waals surface area (Å²) in [5.74, 6) is 0.784. The summed E-state index contributed by atoms with van der Waals surface area (Å²) in [6, 6.07) is 6.62. The van der Waals surface area contributed by atoms with Gasteiger partial charge in [0.15, 0.2) is 5.13 Å². The predicted octanol–water partition coefficient (Wildman–Crippen LogP) is 5.39. The second-order valence-electron chi connectivity index (χ2n) is 9.12. The van der Waals surface area contributed by atoms with Crippen LogP contribution in [0.3, 0.4) is 0 Å². The van der Waals surface area contributed by atoms with E-state index >= 15 is 0 Å². The molecule has 3 amide bonds. The molecule has 0 unspecified atom stereocenters. The summed E-state index contributed by atoms with van der Waals surface area (Å²) in [5.41, 5.74) is 4.65. The highest BCUT2D eigenvalue weighted by Gasteiger charge is 2.28. The van der Waals surface area contributed by atoms with Gasteiger partial charge in [-0.15, -0.1) is 11.3 Å². The minimum Gasteiger partial charge on any atom is -0.331 e. The molecule has 1 saturated heterocycles. The van der Waals surface area contributed by atoms with E-state index in [1.54, 1.807) is 23.9 Å². The monoisotopic (exact) mass is 442 g/mol. The lowest BCUT2D eigenvalue weighted by Gasteiger charge is -2.32. The van der Waals surface area contributed by atoms with Crippen molar-refractivity contribution >= 4 is 28.4 Å². The zero-order valence-corrected chi connectivity index (χ0v) is 20.3. The molecule has 1 aromatic heterocycles. The van der Waals surface area contributed by atoms with Crippen LogP contribution in [0.4, 0.5) is 9.93 Å². The molecule has 3 rings (SSSR count). The summed E-state index contributed by atoms with van der Waals surface area (Å²) in [6.07, 6.45) is 1.36. The quantitative estimate of drug-likeness (QED) is 0.675. The Labute approximate surface area is 189 Å². The van der Waals surface area contributed by atoms with Gasteiger partial charge in [0.05, 0.1) is 5.69 Å². The number of anilines is 1. The van der Waals surface area contributed by atoms with Gasteiger partial charge in [-0.2, -0.15) is 0 Å². The fourth-order valence-electron chi connectivity index (χ4n) is 3.93. The van der Waals surface area contributed by atoms with Gasteiger partial charge in [-0.25, -0.2) is 9.78 Å². The van der Waals surface area contributed by atoms with Gasteiger partial charge in [0.2, 0.25) is 5.91 Å². The van der Waals surface area contributed by atoms with Crippen LogP contribution in [0.1, 0.15) is 63.5 Å². The molecule has 0 spiro atoms. The largest absolute Gasteiger partial charge is 0.331 e. The summed E-state index contributed by atoms with van der Waals surface area (Å²) >= 11 is 1.46. The average Bonchev–Trinajstić information content (AvgIpc) is 3.20. The second-order valence-corrected chi connectivity index (χ2v) is 9.98. The molecule has 1 fully saturated rings. The van der Waals surface area contributed by atoms with E-state index in [4.69, 9.17) is 4.98 Å². The molecule has 0 atom stereocenters. The molecule has 0 bridgehead atoms. The third-order valence-electron chi connectivity index (χ3n) is 5.89. The van der Waals surface area contributed by atoms with Crippen LogP contribution in [0.5, 0.6) is 0 Å². The van der Waals surface area contributed by atoms with Crippen LogP contribution in [-0.2, 0) is 4.79 Å². The number of thiazole rings is 1. The number of hydrogen-bond acceptors (Lipinski definition) is 4. The minimum atomic E-state index is -0.0879. The summed E-state index contributed by atoms with van der Waals surface area (Å²) in [6.45, 7) is 10.0. The van der Waals surface area contributed by atoms with E-state index in [2.05, 4.69) is 51.2 Å². The molecular weight excluding hydrogens is 408 g/mol. The first-order valence-electron chi connectivity index (χ1n) is 11.0.